The van der Waals surface area contributed by atoms with E-state index in [1.165, 1.54) is 50.5 Å². The molecule has 0 bridgehead atoms. The fraction of sp³-hybridized carbons (Fsp3) is 0.619. The van der Waals surface area contributed by atoms with Crippen molar-refractivity contribution in [3.63, 3.8) is 0 Å². The van der Waals surface area contributed by atoms with Gasteiger partial charge in [-0.05, 0) is 60.8 Å². The van der Waals surface area contributed by atoms with Crippen molar-refractivity contribution in [2.45, 2.75) is 79.1 Å². The van der Waals surface area contributed by atoms with Gasteiger partial charge in [0.2, 0.25) is 0 Å². The van der Waals surface area contributed by atoms with Gasteiger partial charge in [0.25, 0.3) is 0 Å². The summed E-state index contributed by atoms with van der Waals surface area (Å²) in [5.41, 5.74) is 4.65. The number of hydrogen-bond acceptors (Lipinski definition) is 1. The summed E-state index contributed by atoms with van der Waals surface area (Å²) in [4.78, 5) is 0. The molecule has 0 saturated carbocycles. The summed E-state index contributed by atoms with van der Waals surface area (Å²) >= 11 is 1.97. The molecule has 0 saturated heterocycles. The van der Waals surface area contributed by atoms with Crippen LogP contribution < -0.4 is 9.75 Å². The highest BCUT2D eigenvalue weighted by atomic mass is 32.1. The molecule has 0 aromatic carbocycles. The second-order valence-corrected chi connectivity index (χ2v) is 7.68. The Kier molecular flexibility index (Phi) is 6.95. The van der Waals surface area contributed by atoms with Gasteiger partial charge in [-0.2, -0.15) is 0 Å². The number of hydrogen-bond donors (Lipinski definition) is 0. The second kappa shape index (κ2) is 8.72. The Morgan fingerprint density at radius 2 is 1.77 bits per heavy atom. The maximum atomic E-state index is 2.46. The van der Waals surface area contributed by atoms with E-state index in [0.717, 1.165) is 12.3 Å². The molecular formula is C21H32S. The van der Waals surface area contributed by atoms with Crippen LogP contribution >= 0.6 is 11.3 Å². The van der Waals surface area contributed by atoms with Crippen LogP contribution in [-0.2, 0) is 0 Å². The Balaban J connectivity index is 2.43. The molecule has 1 heteroatoms. The molecule has 1 heterocycles. The summed E-state index contributed by atoms with van der Waals surface area (Å²) < 4.78 is 1.57. The van der Waals surface area contributed by atoms with Crippen molar-refractivity contribution in [1.82, 2.24) is 0 Å². The van der Waals surface area contributed by atoms with Gasteiger partial charge in [-0.3, -0.25) is 0 Å². The third-order valence-corrected chi connectivity index (χ3v) is 6.03. The first-order valence-electron chi connectivity index (χ1n) is 9.13. The van der Waals surface area contributed by atoms with Gasteiger partial charge >= 0.3 is 0 Å². The molecule has 0 amide bonds. The Morgan fingerprint density at radius 1 is 1.05 bits per heavy atom. The number of rotatable bonds is 8. The molecule has 1 aliphatic rings. The van der Waals surface area contributed by atoms with E-state index in [2.05, 4.69) is 45.2 Å². The van der Waals surface area contributed by atoms with Crippen molar-refractivity contribution in [3.8, 4) is 0 Å². The highest BCUT2D eigenvalue weighted by Crippen LogP contribution is 2.27. The van der Waals surface area contributed by atoms with Crippen LogP contribution in [0.5, 0.6) is 0 Å². The first kappa shape index (κ1) is 17.5. The van der Waals surface area contributed by atoms with Crippen molar-refractivity contribution < 1.29 is 0 Å². The molecule has 1 aliphatic carbocycles. The smallest absolute Gasteiger partial charge is 0.0379 e. The number of thiophene rings is 1. The summed E-state index contributed by atoms with van der Waals surface area (Å²) in [6, 6.07) is 0. The third-order valence-electron chi connectivity index (χ3n) is 4.89. The first-order valence-corrected chi connectivity index (χ1v) is 10.0. The van der Waals surface area contributed by atoms with Crippen molar-refractivity contribution >= 4 is 22.5 Å². The number of allylic oxidation sites excluding steroid dienone is 2. The topological polar surface area (TPSA) is 0 Å². The van der Waals surface area contributed by atoms with E-state index >= 15 is 0 Å². The standard InChI is InChI=1S/C21H32S/c1-5-7-9-13-18(12-8-6-2)19-14-10-11-16(3)20-17(4)15-22-21(19)20/h10,14-15,18H,5-9,11-13H2,1-4H3. The second-order valence-electron chi connectivity index (χ2n) is 6.80. The molecule has 122 valence electrons. The van der Waals surface area contributed by atoms with Crippen LogP contribution in [0.1, 0.15) is 77.7 Å². The van der Waals surface area contributed by atoms with Crippen LogP contribution in [0.4, 0.5) is 0 Å². The molecule has 0 spiro atoms. The van der Waals surface area contributed by atoms with E-state index in [4.69, 9.17) is 0 Å². The van der Waals surface area contributed by atoms with Crippen LogP contribution in [0.3, 0.4) is 0 Å². The molecule has 0 fully saturated rings. The van der Waals surface area contributed by atoms with Gasteiger partial charge in [-0.15, -0.1) is 11.3 Å². The molecule has 0 radical (unpaired) electrons. The summed E-state index contributed by atoms with van der Waals surface area (Å²) in [5.74, 6) is 0.755. The van der Waals surface area contributed by atoms with Gasteiger partial charge in [0.15, 0.2) is 0 Å². The van der Waals surface area contributed by atoms with E-state index < -0.39 is 0 Å². The lowest BCUT2D eigenvalue weighted by Crippen LogP contribution is -2.26. The zero-order valence-electron chi connectivity index (χ0n) is 14.9. The Labute approximate surface area is 140 Å². The maximum Gasteiger partial charge on any atom is 0.0379 e. The first-order chi connectivity index (χ1) is 10.7. The third kappa shape index (κ3) is 4.13. The van der Waals surface area contributed by atoms with E-state index in [1.807, 2.05) is 11.3 Å². The van der Waals surface area contributed by atoms with Crippen molar-refractivity contribution in [2.24, 2.45) is 5.92 Å². The Morgan fingerprint density at radius 3 is 2.50 bits per heavy atom. The number of unbranched alkanes of at least 4 members (excludes halogenated alkanes) is 3. The molecule has 1 atom stereocenters. The van der Waals surface area contributed by atoms with Gasteiger partial charge in [0.1, 0.15) is 0 Å². The van der Waals surface area contributed by atoms with Gasteiger partial charge < -0.3 is 0 Å². The lowest BCUT2D eigenvalue weighted by molar-refractivity contribution is 0.500. The van der Waals surface area contributed by atoms with Gasteiger partial charge in [0, 0.05) is 4.53 Å². The minimum Gasteiger partial charge on any atom is -0.143 e. The maximum absolute atomic E-state index is 2.46. The van der Waals surface area contributed by atoms with E-state index in [9.17, 15) is 0 Å². The average Bonchev–Trinajstić information content (AvgIpc) is 2.80. The fourth-order valence-electron chi connectivity index (χ4n) is 3.60. The fourth-order valence-corrected chi connectivity index (χ4v) is 4.83. The van der Waals surface area contributed by atoms with Gasteiger partial charge in [-0.25, -0.2) is 0 Å². The summed E-state index contributed by atoms with van der Waals surface area (Å²) in [6.45, 7) is 9.21. The zero-order valence-corrected chi connectivity index (χ0v) is 15.7. The molecule has 1 aromatic rings. The van der Waals surface area contributed by atoms with Crippen molar-refractivity contribution in [2.75, 3.05) is 0 Å². The predicted molar refractivity (Wildman–Crippen MR) is 102 cm³/mol. The minimum atomic E-state index is 0.755. The summed E-state index contributed by atoms with van der Waals surface area (Å²) in [5, 5.41) is 3.91. The lowest BCUT2D eigenvalue weighted by atomic mass is 9.88. The lowest BCUT2D eigenvalue weighted by Gasteiger charge is -2.18. The van der Waals surface area contributed by atoms with Crippen LogP contribution in [0, 0.1) is 12.8 Å². The zero-order chi connectivity index (χ0) is 15.9. The monoisotopic (exact) mass is 316 g/mol. The van der Waals surface area contributed by atoms with E-state index in [-0.39, 0.29) is 0 Å². The molecule has 2 rings (SSSR count). The molecule has 0 nitrogen and oxygen atoms in total. The molecule has 22 heavy (non-hydrogen) atoms. The van der Waals surface area contributed by atoms with Crippen LogP contribution in [0.2, 0.25) is 0 Å². The summed E-state index contributed by atoms with van der Waals surface area (Å²) in [7, 11) is 0. The van der Waals surface area contributed by atoms with Crippen molar-refractivity contribution in [3.05, 3.63) is 32.8 Å². The molecule has 0 N–H and O–H groups in total. The SMILES string of the molecule is CCCCCC(CCCC)C1=c2scc(C)c2=C(C)CC=C1. The molecule has 1 unspecified atom stereocenters. The van der Waals surface area contributed by atoms with E-state index in [1.54, 1.807) is 20.9 Å². The largest absolute Gasteiger partial charge is 0.143 e. The van der Waals surface area contributed by atoms with Gasteiger partial charge in [0.05, 0.1) is 0 Å². The predicted octanol–water partition coefficient (Wildman–Crippen LogP) is 5.72. The normalized spacial score (nSPS) is 15.8. The Hall–Kier alpha value is -0.820. The number of fused-ring (bicyclic) bond motifs is 1. The highest BCUT2D eigenvalue weighted by Gasteiger charge is 2.16. The van der Waals surface area contributed by atoms with Crippen LogP contribution in [0.25, 0.3) is 11.1 Å². The highest BCUT2D eigenvalue weighted by molar-refractivity contribution is 7.08. The average molecular weight is 317 g/mol. The molecule has 0 aliphatic heterocycles. The van der Waals surface area contributed by atoms with E-state index in [0.29, 0.717) is 0 Å². The Bertz CT molecular complexity index is 615. The summed E-state index contributed by atoms with van der Waals surface area (Å²) in [6.07, 6.45) is 15.4. The number of aryl methyl sites for hydroxylation is 1. The molecular weight excluding hydrogens is 284 g/mol. The van der Waals surface area contributed by atoms with Crippen LogP contribution in [-0.4, -0.2) is 0 Å². The molecule has 1 aromatic heterocycles. The van der Waals surface area contributed by atoms with Crippen LogP contribution in [0.15, 0.2) is 17.5 Å². The minimum absolute atomic E-state index is 0.755. The quantitative estimate of drug-likeness (QED) is 0.538. The van der Waals surface area contributed by atoms with Crippen molar-refractivity contribution in [1.29, 1.82) is 0 Å². The van der Waals surface area contributed by atoms with Gasteiger partial charge in [-0.1, -0.05) is 63.7 Å².